The van der Waals surface area contributed by atoms with E-state index in [-0.39, 0.29) is 0 Å². The van der Waals surface area contributed by atoms with Crippen LogP contribution in [0.15, 0.2) is 18.3 Å². The summed E-state index contributed by atoms with van der Waals surface area (Å²) in [6, 6.07) is 3.73. The van der Waals surface area contributed by atoms with Crippen LogP contribution in [0.4, 0.5) is 0 Å². The minimum absolute atomic E-state index is 0.466. The zero-order valence-corrected chi connectivity index (χ0v) is 7.88. The molecule has 0 spiro atoms. The van der Waals surface area contributed by atoms with Crippen molar-refractivity contribution in [2.45, 2.75) is 19.6 Å². The van der Waals surface area contributed by atoms with E-state index in [2.05, 4.69) is 10.2 Å². The van der Waals surface area contributed by atoms with Crippen LogP contribution in [0.25, 0.3) is 5.65 Å². The van der Waals surface area contributed by atoms with Crippen LogP contribution in [0.1, 0.15) is 24.4 Å². The van der Waals surface area contributed by atoms with E-state index < -0.39 is 6.10 Å². The molecule has 0 radical (unpaired) electrons. The topological polar surface area (TPSA) is 76.4 Å². The molecule has 0 aliphatic rings. The molecule has 0 fully saturated rings. The maximum Gasteiger partial charge on any atom is 0.166 e. The van der Waals surface area contributed by atoms with E-state index in [1.807, 2.05) is 18.3 Å². The summed E-state index contributed by atoms with van der Waals surface area (Å²) in [5.74, 6) is 0.537. The molecule has 0 bridgehead atoms. The van der Waals surface area contributed by atoms with Gasteiger partial charge in [0, 0.05) is 12.7 Å². The van der Waals surface area contributed by atoms with Crippen molar-refractivity contribution in [1.82, 2.24) is 14.6 Å². The van der Waals surface area contributed by atoms with Crippen molar-refractivity contribution in [3.05, 3.63) is 29.7 Å². The molecule has 5 nitrogen and oxygen atoms in total. The molecule has 0 aliphatic heterocycles. The number of rotatable bonds is 2. The van der Waals surface area contributed by atoms with E-state index >= 15 is 0 Å². The summed E-state index contributed by atoms with van der Waals surface area (Å²) in [7, 11) is 0. The molecule has 0 amide bonds. The number of nitrogens with zero attached hydrogens (tertiary/aromatic N) is 3. The molecule has 0 saturated heterocycles. The van der Waals surface area contributed by atoms with Gasteiger partial charge in [0.2, 0.25) is 0 Å². The van der Waals surface area contributed by atoms with Crippen molar-refractivity contribution in [2.75, 3.05) is 0 Å². The molecule has 2 heterocycles. The summed E-state index contributed by atoms with van der Waals surface area (Å²) >= 11 is 0. The summed E-state index contributed by atoms with van der Waals surface area (Å²) in [6.45, 7) is 2.12. The van der Waals surface area contributed by atoms with Crippen molar-refractivity contribution < 1.29 is 5.11 Å². The quantitative estimate of drug-likeness (QED) is 0.714. The molecule has 2 aromatic rings. The zero-order valence-electron chi connectivity index (χ0n) is 7.88. The minimum atomic E-state index is -0.627. The highest BCUT2D eigenvalue weighted by Crippen LogP contribution is 2.12. The molecule has 0 saturated carbocycles. The molecular weight excluding hydrogens is 180 g/mol. The normalized spacial score (nSPS) is 13.4. The lowest BCUT2D eigenvalue weighted by molar-refractivity contribution is 0.187. The van der Waals surface area contributed by atoms with Gasteiger partial charge in [0.15, 0.2) is 11.5 Å². The lowest BCUT2D eigenvalue weighted by Crippen LogP contribution is -2.02. The highest BCUT2D eigenvalue weighted by molar-refractivity contribution is 5.39. The largest absolute Gasteiger partial charge is 0.385 e. The molecule has 14 heavy (non-hydrogen) atoms. The summed E-state index contributed by atoms with van der Waals surface area (Å²) in [5.41, 5.74) is 7.22. The third-order valence-corrected chi connectivity index (χ3v) is 2.10. The fourth-order valence-electron chi connectivity index (χ4n) is 1.36. The third-order valence-electron chi connectivity index (χ3n) is 2.10. The van der Waals surface area contributed by atoms with Crippen LogP contribution < -0.4 is 5.73 Å². The number of pyridine rings is 1. The van der Waals surface area contributed by atoms with Gasteiger partial charge in [-0.15, -0.1) is 10.2 Å². The Morgan fingerprint density at radius 2 is 2.29 bits per heavy atom. The first kappa shape index (κ1) is 9.11. The Morgan fingerprint density at radius 1 is 1.50 bits per heavy atom. The van der Waals surface area contributed by atoms with Crippen LogP contribution in [0.3, 0.4) is 0 Å². The Labute approximate surface area is 81.2 Å². The van der Waals surface area contributed by atoms with Gasteiger partial charge in [0.05, 0.1) is 0 Å². The number of aromatic nitrogens is 3. The van der Waals surface area contributed by atoms with Gasteiger partial charge in [-0.2, -0.15) is 0 Å². The first-order chi connectivity index (χ1) is 6.72. The Balaban J connectivity index is 2.63. The lowest BCUT2D eigenvalue weighted by atomic mass is 10.3. The average molecular weight is 192 g/mol. The first-order valence-electron chi connectivity index (χ1n) is 4.44. The van der Waals surface area contributed by atoms with E-state index in [1.165, 1.54) is 0 Å². The van der Waals surface area contributed by atoms with Crippen LogP contribution in [0.2, 0.25) is 0 Å². The lowest BCUT2D eigenvalue weighted by Gasteiger charge is -2.03. The number of nitrogens with two attached hydrogens (primary N) is 1. The van der Waals surface area contributed by atoms with Gasteiger partial charge < -0.3 is 10.8 Å². The SMILES string of the molecule is CC(O)c1nnc2ccc(CN)cn12. The van der Waals surface area contributed by atoms with Crippen molar-refractivity contribution >= 4 is 5.65 Å². The molecule has 1 unspecified atom stereocenters. The van der Waals surface area contributed by atoms with E-state index in [4.69, 9.17) is 5.73 Å². The summed E-state index contributed by atoms with van der Waals surface area (Å²) < 4.78 is 1.76. The van der Waals surface area contributed by atoms with Gasteiger partial charge >= 0.3 is 0 Å². The second kappa shape index (κ2) is 3.36. The van der Waals surface area contributed by atoms with Crippen molar-refractivity contribution in [3.63, 3.8) is 0 Å². The Hall–Kier alpha value is -1.46. The highest BCUT2D eigenvalue weighted by Gasteiger charge is 2.09. The molecule has 5 heteroatoms. The van der Waals surface area contributed by atoms with Gasteiger partial charge in [0.25, 0.3) is 0 Å². The van der Waals surface area contributed by atoms with Gasteiger partial charge in [0.1, 0.15) is 6.10 Å². The minimum Gasteiger partial charge on any atom is -0.385 e. The molecule has 74 valence electrons. The number of aliphatic hydroxyl groups excluding tert-OH is 1. The fourth-order valence-corrected chi connectivity index (χ4v) is 1.36. The Morgan fingerprint density at radius 3 is 2.93 bits per heavy atom. The second-order valence-corrected chi connectivity index (χ2v) is 3.20. The van der Waals surface area contributed by atoms with Crippen LogP contribution >= 0.6 is 0 Å². The van der Waals surface area contributed by atoms with Crippen molar-refractivity contribution in [3.8, 4) is 0 Å². The highest BCUT2D eigenvalue weighted by atomic mass is 16.3. The van der Waals surface area contributed by atoms with Crippen LogP contribution in [0.5, 0.6) is 0 Å². The van der Waals surface area contributed by atoms with Gasteiger partial charge in [-0.3, -0.25) is 4.40 Å². The van der Waals surface area contributed by atoms with Gasteiger partial charge in [-0.1, -0.05) is 6.07 Å². The van der Waals surface area contributed by atoms with E-state index in [0.717, 1.165) is 11.2 Å². The van der Waals surface area contributed by atoms with E-state index in [0.29, 0.717) is 12.4 Å². The standard InChI is InChI=1S/C9H12N4O/c1-6(14)9-12-11-8-3-2-7(4-10)5-13(8)9/h2-3,5-6,14H,4,10H2,1H3. The average Bonchev–Trinajstić information content (AvgIpc) is 2.59. The number of hydrogen-bond donors (Lipinski definition) is 2. The van der Waals surface area contributed by atoms with Crippen LogP contribution in [-0.2, 0) is 6.54 Å². The summed E-state index contributed by atoms with van der Waals surface area (Å²) in [6.07, 6.45) is 1.22. The number of hydrogen-bond acceptors (Lipinski definition) is 4. The third kappa shape index (κ3) is 1.36. The predicted octanol–water partition coefficient (Wildman–Crippen LogP) is 0.241. The molecule has 2 rings (SSSR count). The molecule has 1 atom stereocenters. The first-order valence-corrected chi connectivity index (χ1v) is 4.44. The van der Waals surface area contributed by atoms with Crippen molar-refractivity contribution in [1.29, 1.82) is 0 Å². The maximum absolute atomic E-state index is 9.42. The monoisotopic (exact) mass is 192 g/mol. The number of fused-ring (bicyclic) bond motifs is 1. The van der Waals surface area contributed by atoms with Gasteiger partial charge in [-0.25, -0.2) is 0 Å². The van der Waals surface area contributed by atoms with Crippen molar-refractivity contribution in [2.24, 2.45) is 5.73 Å². The second-order valence-electron chi connectivity index (χ2n) is 3.20. The van der Waals surface area contributed by atoms with Crippen LogP contribution in [0, 0.1) is 0 Å². The molecular formula is C9H12N4O. The van der Waals surface area contributed by atoms with E-state index in [9.17, 15) is 5.11 Å². The molecule has 0 aliphatic carbocycles. The molecule has 2 aromatic heterocycles. The van der Waals surface area contributed by atoms with E-state index in [1.54, 1.807) is 11.3 Å². The fraction of sp³-hybridized carbons (Fsp3) is 0.333. The summed E-state index contributed by atoms with van der Waals surface area (Å²) in [5, 5.41) is 17.2. The number of aliphatic hydroxyl groups is 1. The Kier molecular flexibility index (Phi) is 2.18. The summed E-state index contributed by atoms with van der Waals surface area (Å²) in [4.78, 5) is 0. The van der Waals surface area contributed by atoms with Crippen LogP contribution in [-0.4, -0.2) is 19.7 Å². The zero-order chi connectivity index (χ0) is 10.1. The Bertz CT molecular complexity index is 449. The molecule has 3 N–H and O–H groups in total. The maximum atomic E-state index is 9.42. The smallest absolute Gasteiger partial charge is 0.166 e. The van der Waals surface area contributed by atoms with Gasteiger partial charge in [-0.05, 0) is 18.6 Å². The predicted molar refractivity (Wildman–Crippen MR) is 51.5 cm³/mol. The molecule has 0 aromatic carbocycles.